The number of nitrogens with one attached hydrogen (secondary N) is 1. The number of aromatic nitrogens is 2. The van der Waals surface area contributed by atoms with E-state index in [1.54, 1.807) is 12.1 Å². The van der Waals surface area contributed by atoms with Gasteiger partial charge in [0.2, 0.25) is 5.88 Å². The summed E-state index contributed by atoms with van der Waals surface area (Å²) in [7, 11) is -3.72. The van der Waals surface area contributed by atoms with Crippen molar-refractivity contribution in [1.29, 1.82) is 0 Å². The Labute approximate surface area is 121 Å². The van der Waals surface area contributed by atoms with E-state index in [4.69, 9.17) is 16.3 Å². The quantitative estimate of drug-likeness (QED) is 0.857. The van der Waals surface area contributed by atoms with E-state index >= 15 is 0 Å². The predicted molar refractivity (Wildman–Crippen MR) is 75.5 cm³/mol. The first-order valence-corrected chi connectivity index (χ1v) is 7.60. The van der Waals surface area contributed by atoms with E-state index in [9.17, 15) is 8.42 Å². The Morgan fingerprint density at radius 2 is 2.10 bits per heavy atom. The van der Waals surface area contributed by atoms with Crippen LogP contribution in [0.1, 0.15) is 6.92 Å². The molecule has 2 rings (SSSR count). The van der Waals surface area contributed by atoms with Crippen molar-refractivity contribution < 1.29 is 13.2 Å². The van der Waals surface area contributed by atoms with E-state index in [0.717, 1.165) is 0 Å². The third-order valence-corrected chi connectivity index (χ3v) is 3.87. The number of rotatable bonds is 5. The van der Waals surface area contributed by atoms with Gasteiger partial charge in [0.1, 0.15) is 5.15 Å². The Morgan fingerprint density at radius 1 is 1.30 bits per heavy atom. The van der Waals surface area contributed by atoms with Crippen LogP contribution in [0.15, 0.2) is 41.6 Å². The maximum Gasteiger partial charge on any atom is 0.262 e. The summed E-state index contributed by atoms with van der Waals surface area (Å²) in [6.45, 7) is 2.33. The van der Waals surface area contributed by atoms with Crippen LogP contribution in [0.4, 0.5) is 5.69 Å². The van der Waals surface area contributed by atoms with Crippen LogP contribution in [0.5, 0.6) is 5.88 Å². The highest BCUT2D eigenvalue weighted by Crippen LogP contribution is 2.18. The lowest BCUT2D eigenvalue weighted by atomic mass is 10.4. The zero-order chi connectivity index (χ0) is 14.6. The van der Waals surface area contributed by atoms with E-state index in [1.165, 1.54) is 24.5 Å². The molecule has 2 aromatic heterocycles. The summed E-state index contributed by atoms with van der Waals surface area (Å²) in [6, 6.07) is 5.78. The molecular weight excluding hydrogens is 302 g/mol. The first kappa shape index (κ1) is 14.5. The van der Waals surface area contributed by atoms with Gasteiger partial charge in [-0.3, -0.25) is 4.72 Å². The lowest BCUT2D eigenvalue weighted by Gasteiger charge is -2.08. The summed E-state index contributed by atoms with van der Waals surface area (Å²) < 4.78 is 31.8. The van der Waals surface area contributed by atoms with Crippen molar-refractivity contribution in [3.8, 4) is 5.88 Å². The summed E-state index contributed by atoms with van der Waals surface area (Å²) in [5.41, 5.74) is 0.335. The second-order valence-electron chi connectivity index (χ2n) is 3.74. The fourth-order valence-corrected chi connectivity index (χ4v) is 2.73. The van der Waals surface area contributed by atoms with Crippen molar-refractivity contribution >= 4 is 27.3 Å². The second-order valence-corrected chi connectivity index (χ2v) is 5.81. The fourth-order valence-electron chi connectivity index (χ4n) is 1.44. The average molecular weight is 314 g/mol. The Kier molecular flexibility index (Phi) is 4.41. The molecule has 0 unspecified atom stereocenters. The molecule has 2 aromatic rings. The third kappa shape index (κ3) is 3.58. The minimum Gasteiger partial charge on any atom is -0.478 e. The van der Waals surface area contributed by atoms with Gasteiger partial charge < -0.3 is 4.74 Å². The van der Waals surface area contributed by atoms with Gasteiger partial charge in [-0.25, -0.2) is 18.4 Å². The molecule has 2 heterocycles. The number of hydrogen-bond donors (Lipinski definition) is 1. The monoisotopic (exact) mass is 313 g/mol. The van der Waals surface area contributed by atoms with Gasteiger partial charge in [-0.15, -0.1) is 0 Å². The zero-order valence-corrected chi connectivity index (χ0v) is 12.1. The van der Waals surface area contributed by atoms with Crippen LogP contribution in [0.2, 0.25) is 5.15 Å². The lowest BCUT2D eigenvalue weighted by Crippen LogP contribution is -2.13. The number of nitrogens with zero attached hydrogens (tertiary/aromatic N) is 2. The van der Waals surface area contributed by atoms with Crippen LogP contribution < -0.4 is 9.46 Å². The van der Waals surface area contributed by atoms with Gasteiger partial charge in [-0.1, -0.05) is 11.6 Å². The highest BCUT2D eigenvalue weighted by atomic mass is 35.5. The van der Waals surface area contributed by atoms with Crippen LogP contribution in [-0.4, -0.2) is 25.0 Å². The van der Waals surface area contributed by atoms with E-state index in [0.29, 0.717) is 18.2 Å². The van der Waals surface area contributed by atoms with Crippen LogP contribution in [0.3, 0.4) is 0 Å². The summed E-state index contributed by atoms with van der Waals surface area (Å²) in [5, 5.41) is 0.109. The van der Waals surface area contributed by atoms with Crippen molar-refractivity contribution in [3.05, 3.63) is 41.8 Å². The summed E-state index contributed by atoms with van der Waals surface area (Å²) >= 11 is 5.68. The Balaban J connectivity index is 2.20. The van der Waals surface area contributed by atoms with Gasteiger partial charge in [0.15, 0.2) is 0 Å². The number of anilines is 1. The van der Waals surface area contributed by atoms with E-state index in [2.05, 4.69) is 14.7 Å². The van der Waals surface area contributed by atoms with E-state index in [1.807, 2.05) is 6.92 Å². The highest BCUT2D eigenvalue weighted by molar-refractivity contribution is 7.92. The number of ether oxygens (including phenoxy) is 1. The molecule has 0 aliphatic rings. The largest absolute Gasteiger partial charge is 0.478 e. The van der Waals surface area contributed by atoms with Gasteiger partial charge >= 0.3 is 0 Å². The van der Waals surface area contributed by atoms with Crippen molar-refractivity contribution in [3.63, 3.8) is 0 Å². The van der Waals surface area contributed by atoms with Gasteiger partial charge in [-0.05, 0) is 25.1 Å². The number of sulfonamides is 1. The highest BCUT2D eigenvalue weighted by Gasteiger charge is 2.15. The molecule has 20 heavy (non-hydrogen) atoms. The number of pyridine rings is 2. The molecule has 0 aliphatic heterocycles. The van der Waals surface area contributed by atoms with Crippen molar-refractivity contribution in [2.45, 2.75) is 11.8 Å². The molecule has 0 bridgehead atoms. The molecule has 0 amide bonds. The van der Waals surface area contributed by atoms with Crippen LogP contribution in [0.25, 0.3) is 0 Å². The first-order chi connectivity index (χ1) is 9.51. The lowest BCUT2D eigenvalue weighted by molar-refractivity contribution is 0.327. The van der Waals surface area contributed by atoms with E-state index in [-0.39, 0.29) is 10.0 Å². The van der Waals surface area contributed by atoms with Crippen LogP contribution in [0, 0.1) is 0 Å². The Hall–Kier alpha value is -1.86. The molecule has 1 N–H and O–H groups in total. The van der Waals surface area contributed by atoms with E-state index < -0.39 is 10.0 Å². The molecule has 0 fully saturated rings. The third-order valence-electron chi connectivity index (χ3n) is 2.29. The minimum absolute atomic E-state index is 0.0337. The van der Waals surface area contributed by atoms with Crippen LogP contribution in [-0.2, 0) is 10.0 Å². The Bertz CT molecular complexity index is 689. The van der Waals surface area contributed by atoms with Crippen molar-refractivity contribution in [1.82, 2.24) is 9.97 Å². The molecule has 6 nitrogen and oxygen atoms in total. The predicted octanol–water partition coefficient (Wildman–Crippen LogP) is 2.33. The molecule has 8 heteroatoms. The topological polar surface area (TPSA) is 81.2 Å². The molecular formula is C12H12ClN3O3S. The Morgan fingerprint density at radius 3 is 2.70 bits per heavy atom. The molecule has 0 aromatic carbocycles. The SMILES string of the molecule is CCOc1ccc(NS(=O)(=O)c2ccnc(Cl)c2)cn1. The maximum atomic E-state index is 12.1. The van der Waals surface area contributed by atoms with Crippen LogP contribution >= 0.6 is 11.6 Å². The smallest absolute Gasteiger partial charge is 0.262 e. The van der Waals surface area contributed by atoms with Crippen molar-refractivity contribution in [2.24, 2.45) is 0 Å². The minimum atomic E-state index is -3.72. The molecule has 0 radical (unpaired) electrons. The van der Waals surface area contributed by atoms with Gasteiger partial charge in [-0.2, -0.15) is 0 Å². The normalized spacial score (nSPS) is 11.1. The summed E-state index contributed by atoms with van der Waals surface area (Å²) in [5.74, 6) is 0.433. The molecule has 0 saturated heterocycles. The standard InChI is InChI=1S/C12H12ClN3O3S/c1-2-19-12-4-3-9(8-15-12)16-20(17,18)10-5-6-14-11(13)7-10/h3-8,16H,2H2,1H3. The first-order valence-electron chi connectivity index (χ1n) is 5.74. The number of hydrogen-bond acceptors (Lipinski definition) is 5. The second kappa shape index (κ2) is 6.06. The zero-order valence-electron chi connectivity index (χ0n) is 10.6. The van der Waals surface area contributed by atoms with Gasteiger partial charge in [0, 0.05) is 12.3 Å². The fraction of sp³-hybridized carbons (Fsp3) is 0.167. The molecule has 106 valence electrons. The van der Waals surface area contributed by atoms with Gasteiger partial charge in [0.25, 0.3) is 10.0 Å². The average Bonchev–Trinajstić information content (AvgIpc) is 2.41. The molecule has 0 aliphatic carbocycles. The molecule has 0 saturated carbocycles. The summed E-state index contributed by atoms with van der Waals surface area (Å²) in [4.78, 5) is 7.75. The van der Waals surface area contributed by atoms with Gasteiger partial charge in [0.05, 0.1) is 23.4 Å². The maximum absolute atomic E-state index is 12.1. The molecule has 0 spiro atoms. The summed E-state index contributed by atoms with van der Waals surface area (Å²) in [6.07, 6.45) is 2.71. The number of halogens is 1. The molecule has 0 atom stereocenters. The van der Waals surface area contributed by atoms with Crippen molar-refractivity contribution in [2.75, 3.05) is 11.3 Å².